The quantitative estimate of drug-likeness (QED) is 0.789. The van der Waals surface area contributed by atoms with E-state index in [2.05, 4.69) is 26.6 Å². The van der Waals surface area contributed by atoms with Crippen LogP contribution in [0.25, 0.3) is 0 Å². The average molecular weight is 341 g/mol. The van der Waals surface area contributed by atoms with Gasteiger partial charge in [0.05, 0.1) is 0 Å². The van der Waals surface area contributed by atoms with Gasteiger partial charge in [0.2, 0.25) is 0 Å². The third-order valence-electron chi connectivity index (χ3n) is 3.65. The van der Waals surface area contributed by atoms with Gasteiger partial charge in [0.25, 0.3) is 0 Å². The summed E-state index contributed by atoms with van der Waals surface area (Å²) in [6, 6.07) is 4.96. The molecule has 20 heavy (non-hydrogen) atoms. The van der Waals surface area contributed by atoms with E-state index >= 15 is 0 Å². The van der Waals surface area contributed by atoms with Gasteiger partial charge in [-0.1, -0.05) is 34.8 Å². The molecule has 2 amide bonds. The Hall–Kier alpha value is -1.56. The molecular formula is C14H17BrN2O3. The van der Waals surface area contributed by atoms with Crippen molar-refractivity contribution >= 4 is 33.6 Å². The molecule has 0 aromatic heterocycles. The first-order valence-electron chi connectivity index (χ1n) is 6.52. The van der Waals surface area contributed by atoms with Crippen molar-refractivity contribution < 1.29 is 14.7 Å². The van der Waals surface area contributed by atoms with E-state index < -0.39 is 17.5 Å². The van der Waals surface area contributed by atoms with Crippen LogP contribution < -0.4 is 10.6 Å². The van der Waals surface area contributed by atoms with Crippen LogP contribution in [0.5, 0.6) is 0 Å². The van der Waals surface area contributed by atoms with E-state index in [1.807, 2.05) is 13.0 Å². The monoisotopic (exact) mass is 340 g/mol. The van der Waals surface area contributed by atoms with Crippen LogP contribution in [0.15, 0.2) is 22.7 Å². The van der Waals surface area contributed by atoms with Gasteiger partial charge in [-0.05, 0) is 37.5 Å². The van der Waals surface area contributed by atoms with E-state index in [0.29, 0.717) is 18.5 Å². The van der Waals surface area contributed by atoms with Crippen LogP contribution in [0.2, 0.25) is 0 Å². The molecule has 0 saturated heterocycles. The maximum absolute atomic E-state index is 12.0. The van der Waals surface area contributed by atoms with Crippen LogP contribution in [-0.2, 0) is 4.79 Å². The Balaban J connectivity index is 2.04. The zero-order chi connectivity index (χ0) is 14.8. The lowest BCUT2D eigenvalue weighted by Crippen LogP contribution is -2.53. The van der Waals surface area contributed by atoms with Crippen LogP contribution in [-0.4, -0.2) is 22.6 Å². The summed E-state index contributed by atoms with van der Waals surface area (Å²) in [6.45, 7) is 1.95. The number of urea groups is 1. The molecule has 1 aliphatic carbocycles. The first-order valence-corrected chi connectivity index (χ1v) is 7.31. The van der Waals surface area contributed by atoms with Crippen molar-refractivity contribution in [3.63, 3.8) is 0 Å². The first-order chi connectivity index (χ1) is 9.43. The summed E-state index contributed by atoms with van der Waals surface area (Å²) < 4.78 is 0.893. The number of benzene rings is 1. The minimum atomic E-state index is -1.12. The number of carboxylic acid groups (broad SMARTS) is 1. The van der Waals surface area contributed by atoms with Crippen LogP contribution in [0.3, 0.4) is 0 Å². The SMILES string of the molecule is Cc1ccc(NC(=O)NC2(C(=O)O)CCCC2)cc1Br. The van der Waals surface area contributed by atoms with Crippen molar-refractivity contribution in [3.05, 3.63) is 28.2 Å². The molecular weight excluding hydrogens is 324 g/mol. The van der Waals surface area contributed by atoms with Gasteiger partial charge in [0.1, 0.15) is 5.54 Å². The number of carbonyl (C=O) groups excluding carboxylic acids is 1. The minimum absolute atomic E-state index is 0.480. The van der Waals surface area contributed by atoms with E-state index in [1.165, 1.54) is 0 Å². The second-order valence-corrected chi connectivity index (χ2v) is 5.99. The minimum Gasteiger partial charge on any atom is -0.480 e. The average Bonchev–Trinajstić information content (AvgIpc) is 2.83. The molecule has 3 N–H and O–H groups in total. The molecule has 0 radical (unpaired) electrons. The number of carbonyl (C=O) groups is 2. The van der Waals surface area contributed by atoms with Crippen LogP contribution in [0, 0.1) is 6.92 Å². The third-order valence-corrected chi connectivity index (χ3v) is 4.50. The summed E-state index contributed by atoms with van der Waals surface area (Å²) in [5.41, 5.74) is 0.568. The van der Waals surface area contributed by atoms with Crippen molar-refractivity contribution in [1.82, 2.24) is 5.32 Å². The van der Waals surface area contributed by atoms with E-state index in [1.54, 1.807) is 12.1 Å². The zero-order valence-electron chi connectivity index (χ0n) is 11.2. The Morgan fingerprint density at radius 1 is 1.30 bits per heavy atom. The van der Waals surface area contributed by atoms with Gasteiger partial charge >= 0.3 is 12.0 Å². The normalized spacial score (nSPS) is 16.7. The van der Waals surface area contributed by atoms with Gasteiger partial charge in [-0.3, -0.25) is 0 Å². The van der Waals surface area contributed by atoms with Gasteiger partial charge < -0.3 is 15.7 Å². The lowest BCUT2D eigenvalue weighted by Gasteiger charge is -2.25. The van der Waals surface area contributed by atoms with Crippen molar-refractivity contribution in [2.45, 2.75) is 38.1 Å². The van der Waals surface area contributed by atoms with Crippen LogP contribution >= 0.6 is 15.9 Å². The molecule has 5 nitrogen and oxygen atoms in total. The molecule has 6 heteroatoms. The lowest BCUT2D eigenvalue weighted by molar-refractivity contribution is -0.144. The van der Waals surface area contributed by atoms with Crippen LogP contribution in [0.4, 0.5) is 10.5 Å². The number of aryl methyl sites for hydroxylation is 1. The van der Waals surface area contributed by atoms with Crippen molar-refractivity contribution in [3.8, 4) is 0 Å². The zero-order valence-corrected chi connectivity index (χ0v) is 12.8. The maximum Gasteiger partial charge on any atom is 0.329 e. The summed E-state index contributed by atoms with van der Waals surface area (Å²) in [7, 11) is 0. The Labute approximate surface area is 125 Å². The number of anilines is 1. The molecule has 2 rings (SSSR count). The smallest absolute Gasteiger partial charge is 0.329 e. The van der Waals surface area contributed by atoms with Crippen molar-refractivity contribution in [2.75, 3.05) is 5.32 Å². The number of carboxylic acids is 1. The van der Waals surface area contributed by atoms with E-state index in [4.69, 9.17) is 0 Å². The second-order valence-electron chi connectivity index (χ2n) is 5.14. The van der Waals surface area contributed by atoms with Gasteiger partial charge in [-0.15, -0.1) is 0 Å². The number of amides is 2. The molecule has 108 valence electrons. The first kappa shape index (κ1) is 14.8. The van der Waals surface area contributed by atoms with Gasteiger partial charge in [-0.2, -0.15) is 0 Å². The van der Waals surface area contributed by atoms with Gasteiger partial charge in [-0.25, -0.2) is 9.59 Å². The lowest BCUT2D eigenvalue weighted by atomic mass is 9.98. The summed E-state index contributed by atoms with van der Waals surface area (Å²) in [5.74, 6) is -0.963. The molecule has 1 aromatic rings. The highest BCUT2D eigenvalue weighted by molar-refractivity contribution is 9.10. The van der Waals surface area contributed by atoms with Crippen molar-refractivity contribution in [2.24, 2.45) is 0 Å². The molecule has 0 bridgehead atoms. The molecule has 1 saturated carbocycles. The molecule has 1 aliphatic rings. The van der Waals surface area contributed by atoms with Gasteiger partial charge in [0.15, 0.2) is 0 Å². The molecule has 0 heterocycles. The maximum atomic E-state index is 12.0. The summed E-state index contributed by atoms with van der Waals surface area (Å²) in [4.78, 5) is 23.3. The van der Waals surface area contributed by atoms with E-state index in [9.17, 15) is 14.7 Å². The van der Waals surface area contributed by atoms with Crippen molar-refractivity contribution in [1.29, 1.82) is 0 Å². The summed E-state index contributed by atoms with van der Waals surface area (Å²) in [5, 5.41) is 14.6. The number of hydrogen-bond donors (Lipinski definition) is 3. The molecule has 0 atom stereocenters. The Kier molecular flexibility index (Phi) is 4.32. The highest BCUT2D eigenvalue weighted by atomic mass is 79.9. The van der Waals surface area contributed by atoms with E-state index in [-0.39, 0.29) is 0 Å². The largest absolute Gasteiger partial charge is 0.480 e. The Bertz CT molecular complexity index is 539. The fourth-order valence-corrected chi connectivity index (χ4v) is 2.80. The second kappa shape index (κ2) is 5.83. The summed E-state index contributed by atoms with van der Waals surface area (Å²) in [6.07, 6.45) is 2.60. The number of halogens is 1. The summed E-state index contributed by atoms with van der Waals surface area (Å²) >= 11 is 3.39. The number of rotatable bonds is 3. The fraction of sp³-hybridized carbons (Fsp3) is 0.429. The third kappa shape index (κ3) is 3.12. The molecule has 0 aliphatic heterocycles. The standard InChI is InChI=1S/C14H17BrN2O3/c1-9-4-5-10(8-11(9)15)16-13(20)17-14(12(18)19)6-2-3-7-14/h4-5,8H,2-3,6-7H2,1H3,(H,18,19)(H2,16,17,20). The predicted octanol–water partition coefficient (Wildman–Crippen LogP) is 3.28. The van der Waals surface area contributed by atoms with E-state index in [0.717, 1.165) is 22.9 Å². The van der Waals surface area contributed by atoms with Gasteiger partial charge in [0, 0.05) is 10.2 Å². The molecule has 1 fully saturated rings. The highest BCUT2D eigenvalue weighted by Crippen LogP contribution is 2.30. The molecule has 0 spiro atoms. The predicted molar refractivity (Wildman–Crippen MR) is 79.9 cm³/mol. The number of aliphatic carboxylic acids is 1. The Morgan fingerprint density at radius 3 is 2.50 bits per heavy atom. The topological polar surface area (TPSA) is 78.4 Å². The Morgan fingerprint density at radius 2 is 1.95 bits per heavy atom. The number of nitrogens with one attached hydrogen (secondary N) is 2. The molecule has 1 aromatic carbocycles. The number of hydrogen-bond acceptors (Lipinski definition) is 2. The van der Waals surface area contributed by atoms with Crippen LogP contribution in [0.1, 0.15) is 31.2 Å². The highest BCUT2D eigenvalue weighted by Gasteiger charge is 2.42. The molecule has 0 unspecified atom stereocenters. The fourth-order valence-electron chi connectivity index (χ4n) is 2.42.